The summed E-state index contributed by atoms with van der Waals surface area (Å²) in [6, 6.07) is 5.26. The van der Waals surface area contributed by atoms with E-state index < -0.39 is 17.8 Å². The monoisotopic (exact) mass is 355 g/mol. The van der Waals surface area contributed by atoms with Gasteiger partial charge in [0.2, 0.25) is 5.91 Å². The van der Waals surface area contributed by atoms with Crippen molar-refractivity contribution in [2.24, 2.45) is 11.8 Å². The molecule has 0 radical (unpaired) electrons. The molecule has 1 fully saturated rings. The van der Waals surface area contributed by atoms with E-state index >= 15 is 0 Å². The minimum atomic E-state index is -0.887. The van der Waals surface area contributed by atoms with Crippen molar-refractivity contribution in [2.45, 2.75) is 25.7 Å². The molecule has 1 aromatic rings. The molecule has 0 bridgehead atoms. The summed E-state index contributed by atoms with van der Waals surface area (Å²) < 4.78 is 5.93. The highest BCUT2D eigenvalue weighted by molar-refractivity contribution is 9.10. The lowest BCUT2D eigenvalue weighted by molar-refractivity contribution is -0.147. The van der Waals surface area contributed by atoms with E-state index in [1.165, 1.54) is 0 Å². The largest absolute Gasteiger partial charge is 0.497 e. The molecule has 0 heterocycles. The lowest BCUT2D eigenvalue weighted by Crippen LogP contribution is -2.36. The van der Waals surface area contributed by atoms with Crippen molar-refractivity contribution in [3.05, 3.63) is 22.7 Å². The zero-order valence-corrected chi connectivity index (χ0v) is 13.4. The van der Waals surface area contributed by atoms with E-state index in [9.17, 15) is 14.7 Å². The number of amides is 1. The van der Waals surface area contributed by atoms with Gasteiger partial charge in [-0.05, 0) is 25.0 Å². The first-order chi connectivity index (χ1) is 10.0. The van der Waals surface area contributed by atoms with Crippen LogP contribution in [0.25, 0.3) is 0 Å². The second-order valence-corrected chi connectivity index (χ2v) is 6.12. The molecule has 1 saturated carbocycles. The molecular formula is C15H18BrNO4. The SMILES string of the molecule is COc1cc(Br)cc(NC(=O)C2CCCCC2C(=O)O)c1. The van der Waals surface area contributed by atoms with E-state index in [1.807, 2.05) is 0 Å². The summed E-state index contributed by atoms with van der Waals surface area (Å²) in [5, 5.41) is 12.0. The molecule has 1 amide bonds. The predicted octanol–water partition coefficient (Wildman–Crippen LogP) is 3.29. The first-order valence-electron chi connectivity index (χ1n) is 6.89. The zero-order valence-electron chi connectivity index (χ0n) is 11.8. The van der Waals surface area contributed by atoms with Crippen LogP contribution in [0.1, 0.15) is 25.7 Å². The molecular weight excluding hydrogens is 338 g/mol. The molecule has 2 unspecified atom stereocenters. The summed E-state index contributed by atoms with van der Waals surface area (Å²) in [5.41, 5.74) is 0.598. The van der Waals surface area contributed by atoms with E-state index in [2.05, 4.69) is 21.2 Å². The fourth-order valence-corrected chi connectivity index (χ4v) is 3.20. The van der Waals surface area contributed by atoms with Crippen molar-refractivity contribution < 1.29 is 19.4 Å². The lowest BCUT2D eigenvalue weighted by atomic mass is 9.78. The second kappa shape index (κ2) is 6.93. The quantitative estimate of drug-likeness (QED) is 0.868. The first kappa shape index (κ1) is 15.8. The number of hydrogen-bond donors (Lipinski definition) is 2. The van der Waals surface area contributed by atoms with Crippen molar-refractivity contribution in [2.75, 3.05) is 12.4 Å². The van der Waals surface area contributed by atoms with Gasteiger partial charge in [0, 0.05) is 16.2 Å². The van der Waals surface area contributed by atoms with Gasteiger partial charge in [-0.25, -0.2) is 0 Å². The van der Waals surface area contributed by atoms with Gasteiger partial charge in [-0.2, -0.15) is 0 Å². The van der Waals surface area contributed by atoms with Gasteiger partial charge >= 0.3 is 5.97 Å². The summed E-state index contributed by atoms with van der Waals surface area (Å²) in [4.78, 5) is 23.6. The van der Waals surface area contributed by atoms with Crippen molar-refractivity contribution in [1.29, 1.82) is 0 Å². The molecule has 2 rings (SSSR count). The highest BCUT2D eigenvalue weighted by atomic mass is 79.9. The average Bonchev–Trinajstić information content (AvgIpc) is 2.46. The van der Waals surface area contributed by atoms with E-state index in [4.69, 9.17) is 4.74 Å². The predicted molar refractivity (Wildman–Crippen MR) is 82.4 cm³/mol. The summed E-state index contributed by atoms with van der Waals surface area (Å²) in [5.74, 6) is -1.56. The Morgan fingerprint density at radius 3 is 2.52 bits per heavy atom. The highest BCUT2D eigenvalue weighted by Crippen LogP contribution is 2.32. The van der Waals surface area contributed by atoms with E-state index in [0.29, 0.717) is 24.3 Å². The molecule has 114 valence electrons. The van der Waals surface area contributed by atoms with Gasteiger partial charge in [-0.3, -0.25) is 9.59 Å². The van der Waals surface area contributed by atoms with Crippen LogP contribution in [0.15, 0.2) is 22.7 Å². The highest BCUT2D eigenvalue weighted by Gasteiger charge is 2.35. The molecule has 6 heteroatoms. The maximum Gasteiger partial charge on any atom is 0.307 e. The van der Waals surface area contributed by atoms with Crippen LogP contribution in [-0.2, 0) is 9.59 Å². The molecule has 1 aliphatic rings. The van der Waals surface area contributed by atoms with Crippen LogP contribution in [-0.4, -0.2) is 24.1 Å². The number of rotatable bonds is 4. The Bertz CT molecular complexity index is 546. The normalized spacial score (nSPS) is 21.6. The van der Waals surface area contributed by atoms with Gasteiger partial charge in [0.25, 0.3) is 0 Å². The summed E-state index contributed by atoms with van der Waals surface area (Å²) in [6.07, 6.45) is 2.94. The molecule has 0 spiro atoms. The molecule has 5 nitrogen and oxygen atoms in total. The number of carboxylic acid groups (broad SMARTS) is 1. The number of carboxylic acids is 1. The summed E-state index contributed by atoms with van der Waals surface area (Å²) >= 11 is 3.35. The van der Waals surface area contributed by atoms with E-state index in [0.717, 1.165) is 17.3 Å². The Kier molecular flexibility index (Phi) is 5.22. The fourth-order valence-electron chi connectivity index (χ4n) is 2.73. The number of halogens is 1. The maximum atomic E-state index is 12.4. The molecule has 21 heavy (non-hydrogen) atoms. The third-order valence-electron chi connectivity index (χ3n) is 3.79. The van der Waals surface area contributed by atoms with Crippen LogP contribution >= 0.6 is 15.9 Å². The second-order valence-electron chi connectivity index (χ2n) is 5.20. The Hall–Kier alpha value is -1.56. The molecule has 1 aromatic carbocycles. The number of anilines is 1. The Morgan fingerprint density at radius 2 is 1.90 bits per heavy atom. The molecule has 0 saturated heterocycles. The number of ether oxygens (including phenoxy) is 1. The molecule has 2 N–H and O–H groups in total. The van der Waals surface area contributed by atoms with Crippen LogP contribution in [0, 0.1) is 11.8 Å². The molecule has 1 aliphatic carbocycles. The van der Waals surface area contributed by atoms with E-state index in [1.54, 1.807) is 25.3 Å². The van der Waals surface area contributed by atoms with Crippen molar-refractivity contribution >= 4 is 33.5 Å². The number of benzene rings is 1. The van der Waals surface area contributed by atoms with Crippen LogP contribution in [0.2, 0.25) is 0 Å². The number of nitrogens with one attached hydrogen (secondary N) is 1. The lowest BCUT2D eigenvalue weighted by Gasteiger charge is -2.27. The smallest absolute Gasteiger partial charge is 0.307 e. The summed E-state index contributed by atoms with van der Waals surface area (Å²) in [7, 11) is 1.55. The molecule has 0 aliphatic heterocycles. The standard InChI is InChI=1S/C15H18BrNO4/c1-21-11-7-9(16)6-10(8-11)17-14(18)12-4-2-3-5-13(12)15(19)20/h6-8,12-13H,2-5H2,1H3,(H,17,18)(H,19,20). The number of carbonyl (C=O) groups excluding carboxylic acids is 1. The minimum absolute atomic E-state index is 0.234. The Labute approximate surface area is 131 Å². The molecule has 2 atom stereocenters. The third kappa shape index (κ3) is 3.97. The Balaban J connectivity index is 2.13. The van der Waals surface area contributed by atoms with Crippen LogP contribution in [0.5, 0.6) is 5.75 Å². The number of hydrogen-bond acceptors (Lipinski definition) is 3. The van der Waals surface area contributed by atoms with Crippen molar-refractivity contribution in [1.82, 2.24) is 0 Å². The zero-order chi connectivity index (χ0) is 15.4. The fraction of sp³-hybridized carbons (Fsp3) is 0.467. The Morgan fingerprint density at radius 1 is 1.24 bits per heavy atom. The van der Waals surface area contributed by atoms with Gasteiger partial charge < -0.3 is 15.2 Å². The van der Waals surface area contributed by atoms with Gasteiger partial charge in [0.15, 0.2) is 0 Å². The van der Waals surface area contributed by atoms with Crippen molar-refractivity contribution in [3.8, 4) is 5.75 Å². The number of aliphatic carboxylic acids is 1. The van der Waals surface area contributed by atoms with Gasteiger partial charge in [-0.15, -0.1) is 0 Å². The van der Waals surface area contributed by atoms with Crippen molar-refractivity contribution in [3.63, 3.8) is 0 Å². The van der Waals surface area contributed by atoms with Crippen LogP contribution < -0.4 is 10.1 Å². The minimum Gasteiger partial charge on any atom is -0.497 e. The summed E-state index contributed by atoms with van der Waals surface area (Å²) in [6.45, 7) is 0. The topological polar surface area (TPSA) is 75.6 Å². The average molecular weight is 356 g/mol. The van der Waals surface area contributed by atoms with Crippen LogP contribution in [0.3, 0.4) is 0 Å². The number of methoxy groups -OCH3 is 1. The van der Waals surface area contributed by atoms with Gasteiger partial charge in [-0.1, -0.05) is 28.8 Å². The van der Waals surface area contributed by atoms with E-state index in [-0.39, 0.29) is 5.91 Å². The molecule has 0 aromatic heterocycles. The van der Waals surface area contributed by atoms with Gasteiger partial charge in [0.05, 0.1) is 18.9 Å². The van der Waals surface area contributed by atoms with Crippen LogP contribution in [0.4, 0.5) is 5.69 Å². The van der Waals surface area contributed by atoms with Gasteiger partial charge in [0.1, 0.15) is 5.75 Å². The maximum absolute atomic E-state index is 12.4. The third-order valence-corrected chi connectivity index (χ3v) is 4.25. The first-order valence-corrected chi connectivity index (χ1v) is 7.69. The number of carbonyl (C=O) groups is 2.